The molecule has 0 aliphatic rings. The lowest BCUT2D eigenvalue weighted by atomic mass is 10.2. The zero-order valence-electron chi connectivity index (χ0n) is 18.3. The van der Waals surface area contributed by atoms with Crippen molar-refractivity contribution in [1.82, 2.24) is 10.3 Å². The normalized spacial score (nSPS) is 10.7. The van der Waals surface area contributed by atoms with Crippen LogP contribution in [0.4, 0.5) is 5.69 Å². The van der Waals surface area contributed by atoms with Crippen LogP contribution in [-0.2, 0) is 10.5 Å². The first kappa shape index (κ1) is 22.7. The molecule has 6 nitrogen and oxygen atoms in total. The minimum atomic E-state index is 0.0308. The number of oxazole rings is 1. The number of ether oxygens (including phenoxy) is 1. The van der Waals surface area contributed by atoms with Gasteiger partial charge >= 0.3 is 0 Å². The molecule has 0 unspecified atom stereocenters. The van der Waals surface area contributed by atoms with Gasteiger partial charge < -0.3 is 19.4 Å². The highest BCUT2D eigenvalue weighted by atomic mass is 32.2. The van der Waals surface area contributed by atoms with E-state index < -0.39 is 0 Å². The molecule has 164 valence electrons. The number of benzene rings is 2. The fourth-order valence-electron chi connectivity index (χ4n) is 3.17. The van der Waals surface area contributed by atoms with Crippen molar-refractivity contribution >= 4 is 23.4 Å². The van der Waals surface area contributed by atoms with Gasteiger partial charge in [-0.15, -0.1) is 11.8 Å². The smallest absolute Gasteiger partial charge is 0.230 e. The molecular weight excluding hydrogens is 410 g/mol. The van der Waals surface area contributed by atoms with Crippen molar-refractivity contribution in [2.24, 2.45) is 0 Å². The highest BCUT2D eigenvalue weighted by Gasteiger charge is 2.13. The van der Waals surface area contributed by atoms with Gasteiger partial charge in [0.05, 0.1) is 18.6 Å². The summed E-state index contributed by atoms with van der Waals surface area (Å²) in [6, 6.07) is 17.8. The van der Waals surface area contributed by atoms with Gasteiger partial charge in [0.15, 0.2) is 0 Å². The average Bonchev–Trinajstić information content (AvgIpc) is 3.18. The molecule has 0 aliphatic carbocycles. The Labute approximate surface area is 188 Å². The summed E-state index contributed by atoms with van der Waals surface area (Å²) < 4.78 is 11.1. The lowest BCUT2D eigenvalue weighted by Gasteiger charge is -2.23. The zero-order chi connectivity index (χ0) is 22.1. The Kier molecular flexibility index (Phi) is 8.41. The van der Waals surface area contributed by atoms with Crippen molar-refractivity contribution in [3.05, 3.63) is 66.1 Å². The molecule has 1 N–H and O–H groups in total. The molecule has 3 rings (SSSR count). The number of anilines is 1. The third kappa shape index (κ3) is 6.52. The van der Waals surface area contributed by atoms with Crippen LogP contribution in [0.3, 0.4) is 0 Å². The van der Waals surface area contributed by atoms with Crippen LogP contribution in [0, 0.1) is 6.92 Å². The molecule has 1 heterocycles. The summed E-state index contributed by atoms with van der Waals surface area (Å²) >= 11 is 1.53. The molecule has 1 aromatic heterocycles. The van der Waals surface area contributed by atoms with Crippen LogP contribution in [0.2, 0.25) is 0 Å². The summed E-state index contributed by atoms with van der Waals surface area (Å²) in [5.41, 5.74) is 2.90. The summed E-state index contributed by atoms with van der Waals surface area (Å²) in [4.78, 5) is 19.1. The first-order chi connectivity index (χ1) is 15.1. The van der Waals surface area contributed by atoms with E-state index in [0.29, 0.717) is 23.9 Å². The van der Waals surface area contributed by atoms with Crippen LogP contribution in [0.25, 0.3) is 11.5 Å². The third-order valence-corrected chi connectivity index (χ3v) is 5.83. The monoisotopic (exact) mass is 439 g/mol. The predicted molar refractivity (Wildman–Crippen MR) is 127 cm³/mol. The number of nitrogens with one attached hydrogen (secondary N) is 1. The van der Waals surface area contributed by atoms with Crippen molar-refractivity contribution in [2.75, 3.05) is 37.4 Å². The highest BCUT2D eigenvalue weighted by molar-refractivity contribution is 7.99. The van der Waals surface area contributed by atoms with Crippen LogP contribution >= 0.6 is 11.8 Å². The van der Waals surface area contributed by atoms with E-state index in [1.165, 1.54) is 17.4 Å². The molecule has 7 heteroatoms. The maximum absolute atomic E-state index is 12.2. The Morgan fingerprint density at radius 3 is 2.74 bits per heavy atom. The fraction of sp³-hybridized carbons (Fsp3) is 0.333. The third-order valence-electron chi connectivity index (χ3n) is 4.89. The average molecular weight is 440 g/mol. The van der Waals surface area contributed by atoms with Gasteiger partial charge in [0.1, 0.15) is 11.5 Å². The number of likely N-dealkylation sites (N-methyl/N-ethyl adjacent to an activating group) is 1. The highest BCUT2D eigenvalue weighted by Crippen LogP contribution is 2.26. The number of thioether (sulfide) groups is 1. The van der Waals surface area contributed by atoms with Gasteiger partial charge in [-0.05, 0) is 44.2 Å². The summed E-state index contributed by atoms with van der Waals surface area (Å²) in [6.45, 7) is 6.31. The number of amides is 1. The molecule has 1 amide bonds. The number of hydrogen-bond acceptors (Lipinski definition) is 6. The Morgan fingerprint density at radius 2 is 2.00 bits per heavy atom. The summed E-state index contributed by atoms with van der Waals surface area (Å²) in [5.74, 6) is 3.14. The number of para-hydroxylation sites is 1. The molecule has 0 radical (unpaired) electrons. The number of aryl methyl sites for hydroxylation is 1. The largest absolute Gasteiger partial charge is 0.497 e. The van der Waals surface area contributed by atoms with E-state index in [-0.39, 0.29) is 5.91 Å². The second-order valence-electron chi connectivity index (χ2n) is 7.01. The van der Waals surface area contributed by atoms with Crippen LogP contribution < -0.4 is 15.0 Å². The number of hydrogen-bond donors (Lipinski definition) is 1. The predicted octanol–water partition coefficient (Wildman–Crippen LogP) is 4.53. The number of methoxy groups -OCH3 is 1. The van der Waals surface area contributed by atoms with E-state index in [0.717, 1.165) is 35.9 Å². The Hall–Kier alpha value is -2.93. The van der Waals surface area contributed by atoms with Gasteiger partial charge in [0.2, 0.25) is 11.8 Å². The molecule has 0 saturated carbocycles. The van der Waals surface area contributed by atoms with Gasteiger partial charge in [-0.3, -0.25) is 4.79 Å². The van der Waals surface area contributed by atoms with E-state index in [1.807, 2.05) is 49.4 Å². The van der Waals surface area contributed by atoms with E-state index in [1.54, 1.807) is 7.11 Å². The van der Waals surface area contributed by atoms with Crippen LogP contribution in [0.15, 0.2) is 59.0 Å². The Morgan fingerprint density at radius 1 is 1.19 bits per heavy atom. The quantitative estimate of drug-likeness (QED) is 0.473. The second-order valence-corrected chi connectivity index (χ2v) is 8.00. The first-order valence-corrected chi connectivity index (χ1v) is 11.5. The van der Waals surface area contributed by atoms with Crippen LogP contribution in [-0.4, -0.2) is 43.4 Å². The minimum Gasteiger partial charge on any atom is -0.497 e. The maximum atomic E-state index is 12.2. The standard InChI is InChI=1S/C24H29N3O3S/c1-4-27(20-10-6-5-7-11-20)14-13-25-23(28)17-31-16-22-18(2)30-24(26-22)19-9-8-12-21(15-19)29-3/h5-12,15H,4,13-14,16-17H2,1-3H3,(H,25,28). The van der Waals surface area contributed by atoms with Crippen molar-refractivity contribution in [3.63, 3.8) is 0 Å². The molecule has 3 aromatic rings. The van der Waals surface area contributed by atoms with E-state index in [9.17, 15) is 4.79 Å². The minimum absolute atomic E-state index is 0.0308. The SMILES string of the molecule is CCN(CCNC(=O)CSCc1nc(-c2cccc(OC)c2)oc1C)c1ccccc1. The van der Waals surface area contributed by atoms with Crippen molar-refractivity contribution in [2.45, 2.75) is 19.6 Å². The molecule has 0 spiro atoms. The molecule has 2 aromatic carbocycles. The number of rotatable bonds is 11. The van der Waals surface area contributed by atoms with Gasteiger partial charge in [0.25, 0.3) is 0 Å². The fourth-order valence-corrected chi connectivity index (χ4v) is 4.02. The van der Waals surface area contributed by atoms with Crippen molar-refractivity contribution in [3.8, 4) is 17.2 Å². The van der Waals surface area contributed by atoms with E-state index in [2.05, 4.69) is 34.3 Å². The molecule has 0 saturated heterocycles. The molecule has 0 atom stereocenters. The number of carbonyl (C=O) groups is 1. The number of nitrogens with zero attached hydrogens (tertiary/aromatic N) is 2. The molecule has 0 fully saturated rings. The van der Waals surface area contributed by atoms with Crippen molar-refractivity contribution in [1.29, 1.82) is 0 Å². The lowest BCUT2D eigenvalue weighted by Crippen LogP contribution is -2.35. The molecule has 0 aliphatic heterocycles. The first-order valence-electron chi connectivity index (χ1n) is 10.4. The van der Waals surface area contributed by atoms with Crippen LogP contribution in [0.5, 0.6) is 5.75 Å². The topological polar surface area (TPSA) is 67.6 Å². The van der Waals surface area contributed by atoms with Gasteiger partial charge in [-0.1, -0.05) is 24.3 Å². The lowest BCUT2D eigenvalue weighted by molar-refractivity contribution is -0.118. The van der Waals surface area contributed by atoms with Crippen LogP contribution in [0.1, 0.15) is 18.4 Å². The van der Waals surface area contributed by atoms with Gasteiger partial charge in [-0.25, -0.2) is 4.98 Å². The summed E-state index contributed by atoms with van der Waals surface area (Å²) in [6.07, 6.45) is 0. The number of aromatic nitrogens is 1. The summed E-state index contributed by atoms with van der Waals surface area (Å²) in [5, 5.41) is 3.00. The van der Waals surface area contributed by atoms with Gasteiger partial charge in [-0.2, -0.15) is 0 Å². The molecular formula is C24H29N3O3S. The van der Waals surface area contributed by atoms with E-state index in [4.69, 9.17) is 9.15 Å². The summed E-state index contributed by atoms with van der Waals surface area (Å²) in [7, 11) is 1.63. The Balaban J connectivity index is 1.43. The number of carbonyl (C=O) groups excluding carboxylic acids is 1. The van der Waals surface area contributed by atoms with E-state index >= 15 is 0 Å². The Bertz CT molecular complexity index is 975. The van der Waals surface area contributed by atoms with Crippen molar-refractivity contribution < 1.29 is 13.9 Å². The molecule has 0 bridgehead atoms. The second kappa shape index (κ2) is 11.5. The maximum Gasteiger partial charge on any atom is 0.230 e. The molecule has 31 heavy (non-hydrogen) atoms. The van der Waals surface area contributed by atoms with Gasteiger partial charge in [0, 0.05) is 36.6 Å². The zero-order valence-corrected chi connectivity index (χ0v) is 19.1.